The zero-order chi connectivity index (χ0) is 17.6. The average Bonchev–Trinajstić information content (AvgIpc) is 2.96. The number of aryl methyl sites for hydroxylation is 1. The summed E-state index contributed by atoms with van der Waals surface area (Å²) in [4.78, 5) is 23.4. The molecular weight excluding hydrogens is 338 g/mol. The molecule has 0 fully saturated rings. The number of nitrogen functional groups attached to an aromatic ring is 1. The highest BCUT2D eigenvalue weighted by atomic mass is 32.2. The number of hydrogen-bond donors (Lipinski definition) is 1. The molecule has 25 heavy (non-hydrogen) atoms. The number of rotatable bonds is 8. The Hall–Kier alpha value is -2.61. The molecule has 0 saturated carbocycles. The van der Waals surface area contributed by atoms with E-state index < -0.39 is 0 Å². The van der Waals surface area contributed by atoms with E-state index in [2.05, 4.69) is 15.0 Å². The first-order chi connectivity index (χ1) is 12.2. The van der Waals surface area contributed by atoms with Crippen molar-refractivity contribution in [3.05, 3.63) is 36.2 Å². The Labute approximate surface area is 149 Å². The molecule has 2 aromatic heterocycles. The molecule has 3 aromatic rings. The predicted octanol–water partition coefficient (Wildman–Crippen LogP) is 2.48. The first kappa shape index (κ1) is 17.2. The van der Waals surface area contributed by atoms with E-state index >= 15 is 0 Å². The number of thioether (sulfide) groups is 1. The molecule has 0 bridgehead atoms. The molecule has 0 radical (unpaired) electrons. The van der Waals surface area contributed by atoms with Crippen molar-refractivity contribution in [2.45, 2.75) is 25.0 Å². The van der Waals surface area contributed by atoms with Crippen molar-refractivity contribution in [1.29, 1.82) is 0 Å². The quantitative estimate of drug-likeness (QED) is 0.376. The summed E-state index contributed by atoms with van der Waals surface area (Å²) in [7, 11) is 0. The molecule has 2 heterocycles. The maximum atomic E-state index is 10.6. The van der Waals surface area contributed by atoms with Crippen molar-refractivity contribution >= 4 is 35.0 Å². The number of aromatic nitrogens is 4. The third kappa shape index (κ3) is 4.08. The second-order valence-corrected chi connectivity index (χ2v) is 6.50. The van der Waals surface area contributed by atoms with Crippen LogP contribution in [-0.2, 0) is 11.3 Å². The lowest BCUT2D eigenvalue weighted by molar-refractivity contribution is -0.107. The van der Waals surface area contributed by atoms with Gasteiger partial charge in [-0.05, 0) is 19.1 Å². The summed E-state index contributed by atoms with van der Waals surface area (Å²) in [6.07, 6.45) is 2.79. The first-order valence-corrected chi connectivity index (χ1v) is 8.90. The third-order valence-electron chi connectivity index (χ3n) is 3.60. The van der Waals surface area contributed by atoms with Crippen LogP contribution in [0.25, 0.3) is 11.2 Å². The predicted molar refractivity (Wildman–Crippen MR) is 97.8 cm³/mol. The van der Waals surface area contributed by atoms with Gasteiger partial charge in [0.25, 0.3) is 0 Å². The van der Waals surface area contributed by atoms with Crippen molar-refractivity contribution < 1.29 is 9.53 Å². The van der Waals surface area contributed by atoms with Crippen molar-refractivity contribution in [3.8, 4) is 5.75 Å². The van der Waals surface area contributed by atoms with E-state index in [0.717, 1.165) is 17.2 Å². The molecule has 0 aliphatic heterocycles. The summed E-state index contributed by atoms with van der Waals surface area (Å²) in [5, 5.41) is 0.761. The monoisotopic (exact) mass is 357 g/mol. The normalized spacial score (nSPS) is 10.9. The molecule has 3 rings (SSSR count). The Bertz CT molecular complexity index is 863. The summed E-state index contributed by atoms with van der Waals surface area (Å²) in [6, 6.07) is 7.91. The van der Waals surface area contributed by atoms with Gasteiger partial charge in [0.1, 0.15) is 25.0 Å². The number of anilines is 1. The molecule has 0 spiro atoms. The maximum absolute atomic E-state index is 10.6. The fraction of sp³-hybridized carbons (Fsp3) is 0.294. The minimum Gasteiger partial charge on any atom is -0.492 e. The van der Waals surface area contributed by atoms with Gasteiger partial charge in [0.15, 0.2) is 22.1 Å². The number of ether oxygens (including phenoxy) is 1. The van der Waals surface area contributed by atoms with Crippen LogP contribution >= 0.6 is 11.8 Å². The van der Waals surface area contributed by atoms with Gasteiger partial charge in [-0.1, -0.05) is 29.5 Å². The lowest BCUT2D eigenvalue weighted by Gasteiger charge is -2.10. The highest BCUT2D eigenvalue weighted by Crippen LogP contribution is 2.25. The number of carbonyl (C=O) groups excluding carboxylic acids is 1. The van der Waals surface area contributed by atoms with Gasteiger partial charge in [-0.3, -0.25) is 0 Å². The van der Waals surface area contributed by atoms with Crippen LogP contribution in [0.4, 0.5) is 5.82 Å². The molecule has 0 amide bonds. The lowest BCUT2D eigenvalue weighted by Crippen LogP contribution is -2.10. The van der Waals surface area contributed by atoms with Gasteiger partial charge in [0, 0.05) is 12.2 Å². The van der Waals surface area contributed by atoms with Gasteiger partial charge in [-0.15, -0.1) is 0 Å². The fourth-order valence-corrected chi connectivity index (χ4v) is 3.22. The number of nitrogens with two attached hydrogens (primary N) is 1. The molecule has 7 nitrogen and oxygen atoms in total. The topological polar surface area (TPSA) is 95.9 Å². The van der Waals surface area contributed by atoms with Crippen molar-refractivity contribution in [1.82, 2.24) is 19.5 Å². The molecular formula is C17H19N5O2S. The number of hydrogen-bond acceptors (Lipinski definition) is 7. The zero-order valence-corrected chi connectivity index (χ0v) is 14.7. The Morgan fingerprint density at radius 1 is 1.28 bits per heavy atom. The molecule has 0 atom stereocenters. The van der Waals surface area contributed by atoms with E-state index in [4.69, 9.17) is 10.5 Å². The Morgan fingerprint density at radius 2 is 2.08 bits per heavy atom. The minimum absolute atomic E-state index is 0.348. The first-order valence-electron chi connectivity index (χ1n) is 7.91. The molecule has 0 aliphatic carbocycles. The van der Waals surface area contributed by atoms with Gasteiger partial charge in [-0.2, -0.15) is 0 Å². The highest BCUT2D eigenvalue weighted by Gasteiger charge is 2.15. The van der Waals surface area contributed by atoms with Crippen molar-refractivity contribution in [2.24, 2.45) is 0 Å². The second-order valence-electron chi connectivity index (χ2n) is 5.44. The number of nitrogens with zero attached hydrogens (tertiary/aromatic N) is 4. The largest absolute Gasteiger partial charge is 0.492 e. The van der Waals surface area contributed by atoms with E-state index in [1.807, 2.05) is 35.8 Å². The Balaban J connectivity index is 1.77. The molecule has 130 valence electrons. The summed E-state index contributed by atoms with van der Waals surface area (Å²) < 4.78 is 7.76. The van der Waals surface area contributed by atoms with Gasteiger partial charge in [-0.25, -0.2) is 15.0 Å². The third-order valence-corrected chi connectivity index (χ3v) is 4.61. The van der Waals surface area contributed by atoms with Crippen LogP contribution in [-0.4, -0.2) is 38.2 Å². The van der Waals surface area contributed by atoms with E-state index in [0.29, 0.717) is 42.3 Å². The highest BCUT2D eigenvalue weighted by molar-refractivity contribution is 7.99. The van der Waals surface area contributed by atoms with E-state index in [1.165, 1.54) is 23.7 Å². The van der Waals surface area contributed by atoms with Gasteiger partial charge < -0.3 is 19.8 Å². The van der Waals surface area contributed by atoms with Crippen LogP contribution < -0.4 is 10.5 Å². The lowest BCUT2D eigenvalue weighted by atomic mass is 10.2. The molecule has 2 N–H and O–H groups in total. The van der Waals surface area contributed by atoms with Crippen LogP contribution in [0.3, 0.4) is 0 Å². The summed E-state index contributed by atoms with van der Waals surface area (Å²) >= 11 is 1.50. The number of imidazole rings is 1. The molecule has 1 aromatic carbocycles. The van der Waals surface area contributed by atoms with Crippen LogP contribution in [0.2, 0.25) is 0 Å². The van der Waals surface area contributed by atoms with Gasteiger partial charge in [0.2, 0.25) is 0 Å². The Morgan fingerprint density at radius 3 is 2.84 bits per heavy atom. The number of aldehydes is 1. The average molecular weight is 357 g/mol. The number of benzene rings is 1. The summed E-state index contributed by atoms with van der Waals surface area (Å²) in [6.45, 7) is 3.08. The minimum atomic E-state index is 0.348. The van der Waals surface area contributed by atoms with Crippen LogP contribution in [0, 0.1) is 6.92 Å². The standard InChI is InChI=1S/C17H19N5O2S/c1-12-3-5-13(6-4-12)24-9-7-22-16-14(15(18)19-11-20-16)21-17(22)25-10-2-8-23/h3-6,8,11H,2,7,9-10H2,1H3,(H2,18,19,20). The zero-order valence-electron chi connectivity index (χ0n) is 13.9. The SMILES string of the molecule is Cc1ccc(OCCn2c(SCCC=O)nc3c(N)ncnc32)cc1. The van der Waals surface area contributed by atoms with Crippen LogP contribution in [0.5, 0.6) is 5.75 Å². The Kier molecular flexibility index (Phi) is 5.49. The number of fused-ring (bicyclic) bond motifs is 1. The molecule has 0 saturated heterocycles. The fourth-order valence-electron chi connectivity index (χ4n) is 2.33. The maximum Gasteiger partial charge on any atom is 0.170 e. The van der Waals surface area contributed by atoms with Crippen molar-refractivity contribution in [2.75, 3.05) is 18.1 Å². The summed E-state index contributed by atoms with van der Waals surface area (Å²) in [5.41, 5.74) is 8.34. The summed E-state index contributed by atoms with van der Waals surface area (Å²) in [5.74, 6) is 1.82. The van der Waals surface area contributed by atoms with E-state index in [-0.39, 0.29) is 0 Å². The van der Waals surface area contributed by atoms with Crippen molar-refractivity contribution in [3.63, 3.8) is 0 Å². The molecule has 8 heteroatoms. The van der Waals surface area contributed by atoms with E-state index in [9.17, 15) is 4.79 Å². The second kappa shape index (κ2) is 7.98. The number of carbonyl (C=O) groups is 1. The van der Waals surface area contributed by atoms with Crippen LogP contribution in [0.15, 0.2) is 35.7 Å². The van der Waals surface area contributed by atoms with Crippen LogP contribution in [0.1, 0.15) is 12.0 Å². The molecule has 0 aliphatic rings. The smallest absolute Gasteiger partial charge is 0.170 e. The van der Waals surface area contributed by atoms with Gasteiger partial charge in [0.05, 0.1) is 6.54 Å². The van der Waals surface area contributed by atoms with E-state index in [1.54, 1.807) is 0 Å². The molecule has 0 unspecified atom stereocenters. The van der Waals surface area contributed by atoms with Gasteiger partial charge >= 0.3 is 0 Å².